The number of hydrogen-bond acceptors (Lipinski definition) is 5. The van der Waals surface area contributed by atoms with Gasteiger partial charge in [0.25, 0.3) is 0 Å². The van der Waals surface area contributed by atoms with Crippen molar-refractivity contribution in [3.05, 3.63) is 22.1 Å². The Morgan fingerprint density at radius 1 is 1.80 bits per heavy atom. The number of ether oxygens (including phenoxy) is 1. The van der Waals surface area contributed by atoms with Crippen molar-refractivity contribution in [3.63, 3.8) is 0 Å². The Morgan fingerprint density at radius 3 is 2.40 bits per heavy atom. The van der Waals surface area contributed by atoms with Crippen LogP contribution in [-0.2, 0) is 9.53 Å². The van der Waals surface area contributed by atoms with Crippen LogP contribution in [0.15, 0.2) is 12.0 Å². The lowest BCUT2D eigenvalue weighted by Crippen LogP contribution is -2.12. The van der Waals surface area contributed by atoms with E-state index in [4.69, 9.17) is 5.11 Å². The van der Waals surface area contributed by atoms with Crippen molar-refractivity contribution in [2.24, 2.45) is 0 Å². The van der Waals surface area contributed by atoms with E-state index < -0.39 is 16.6 Å². The molecule has 0 aliphatic carbocycles. The van der Waals surface area contributed by atoms with Crippen molar-refractivity contribution in [3.8, 4) is 0 Å². The number of hydrogen-bond donors (Lipinski definition) is 1. The molecule has 6 heteroatoms. The van der Waals surface area contributed by atoms with Gasteiger partial charge in [0.15, 0.2) is 6.26 Å². The van der Waals surface area contributed by atoms with E-state index in [9.17, 15) is 14.9 Å². The summed E-state index contributed by atoms with van der Waals surface area (Å²) >= 11 is 0. The van der Waals surface area contributed by atoms with Crippen molar-refractivity contribution in [1.29, 1.82) is 0 Å². The van der Waals surface area contributed by atoms with E-state index in [0.29, 0.717) is 0 Å². The third kappa shape index (κ3) is 1.73. The van der Waals surface area contributed by atoms with Gasteiger partial charge in [-0.1, -0.05) is 0 Å². The van der Waals surface area contributed by atoms with E-state index in [0.717, 1.165) is 7.11 Å². The molecule has 0 amide bonds. The molecule has 0 fully saturated rings. The number of nitrogens with zero attached hydrogens (tertiary/aromatic N) is 1. The molecule has 0 bridgehead atoms. The van der Waals surface area contributed by atoms with Gasteiger partial charge in [-0.3, -0.25) is 10.1 Å². The van der Waals surface area contributed by atoms with Gasteiger partial charge in [0.1, 0.15) is 0 Å². The fourth-order valence-corrected chi connectivity index (χ4v) is 0.279. The normalized spacial score (nSPS) is 10.7. The average Bonchev–Trinajstić information content (AvgIpc) is 1.88. The van der Waals surface area contributed by atoms with E-state index in [1.54, 1.807) is 0 Å². The molecule has 0 aliphatic rings. The number of esters is 1. The molecule has 0 aromatic carbocycles. The number of aliphatic hydroxyl groups excluding tert-OH is 1. The first-order chi connectivity index (χ1) is 4.63. The fourth-order valence-electron chi connectivity index (χ4n) is 0.279. The van der Waals surface area contributed by atoms with Gasteiger partial charge in [0.05, 0.1) is 12.0 Å². The molecule has 10 heavy (non-hydrogen) atoms. The summed E-state index contributed by atoms with van der Waals surface area (Å²) in [7, 11) is 0.981. The molecule has 0 heterocycles. The lowest BCUT2D eigenvalue weighted by molar-refractivity contribution is -0.422. The van der Waals surface area contributed by atoms with E-state index in [-0.39, 0.29) is 6.26 Å². The van der Waals surface area contributed by atoms with Crippen LogP contribution in [0.2, 0.25) is 0 Å². The molecule has 0 atom stereocenters. The Bertz CT molecular complexity index is 184. The summed E-state index contributed by atoms with van der Waals surface area (Å²) in [6.45, 7) is 0. The van der Waals surface area contributed by atoms with Gasteiger partial charge in [-0.05, 0) is 0 Å². The Balaban J connectivity index is 4.39. The second-order valence-corrected chi connectivity index (χ2v) is 1.26. The molecule has 1 N–H and O–H groups in total. The highest BCUT2D eigenvalue weighted by Crippen LogP contribution is 1.95. The lowest BCUT2D eigenvalue weighted by atomic mass is 10.5. The summed E-state index contributed by atoms with van der Waals surface area (Å²) in [5, 5.41) is 17.9. The molecule has 0 saturated heterocycles. The first kappa shape index (κ1) is 8.41. The van der Waals surface area contributed by atoms with Crippen molar-refractivity contribution in [2.75, 3.05) is 7.11 Å². The van der Waals surface area contributed by atoms with Crippen LogP contribution in [-0.4, -0.2) is 23.1 Å². The zero-order valence-corrected chi connectivity index (χ0v) is 5.10. The number of methoxy groups -OCH3 is 1. The summed E-state index contributed by atoms with van der Waals surface area (Å²) in [4.78, 5) is 19.1. The topological polar surface area (TPSA) is 89.7 Å². The lowest BCUT2D eigenvalue weighted by Gasteiger charge is -1.92. The van der Waals surface area contributed by atoms with Crippen LogP contribution in [0.5, 0.6) is 0 Å². The molecule has 0 radical (unpaired) electrons. The van der Waals surface area contributed by atoms with Crippen LogP contribution in [0.3, 0.4) is 0 Å². The Labute approximate surface area is 55.9 Å². The maximum absolute atomic E-state index is 10.3. The number of carbonyl (C=O) groups is 1. The van der Waals surface area contributed by atoms with Crippen molar-refractivity contribution in [2.45, 2.75) is 0 Å². The standard InChI is InChI=1S/C4H5NO5/c1-10-4(7)3(2-6)5(8)9/h2,6H,1H3/b3-2-. The third-order valence-corrected chi connectivity index (χ3v) is 0.714. The van der Waals surface area contributed by atoms with Gasteiger partial charge >= 0.3 is 11.7 Å². The largest absolute Gasteiger partial charge is 0.508 e. The molecule has 0 aromatic rings. The minimum Gasteiger partial charge on any atom is -0.508 e. The smallest absolute Gasteiger partial charge is 0.412 e. The maximum atomic E-state index is 10.3. The number of carbonyl (C=O) groups excluding carboxylic acids is 1. The predicted molar refractivity (Wildman–Crippen MR) is 29.7 cm³/mol. The second-order valence-electron chi connectivity index (χ2n) is 1.26. The molecule has 56 valence electrons. The highest BCUT2D eigenvalue weighted by Gasteiger charge is 2.22. The van der Waals surface area contributed by atoms with Crippen molar-refractivity contribution < 1.29 is 19.6 Å². The number of nitro groups is 1. The van der Waals surface area contributed by atoms with Gasteiger partial charge in [0, 0.05) is 0 Å². The Morgan fingerprint density at radius 2 is 2.30 bits per heavy atom. The van der Waals surface area contributed by atoms with Crippen LogP contribution in [0.1, 0.15) is 0 Å². The van der Waals surface area contributed by atoms with E-state index in [2.05, 4.69) is 4.74 Å². The molecule has 0 spiro atoms. The third-order valence-electron chi connectivity index (χ3n) is 0.714. The number of aliphatic hydroxyl groups is 1. The van der Waals surface area contributed by atoms with Crippen LogP contribution >= 0.6 is 0 Å². The first-order valence-electron chi connectivity index (χ1n) is 2.20. The van der Waals surface area contributed by atoms with Crippen LogP contribution in [0, 0.1) is 10.1 Å². The van der Waals surface area contributed by atoms with Crippen LogP contribution < -0.4 is 0 Å². The SMILES string of the molecule is COC(=O)/C(=C/O)[N+](=O)[O-]. The molecule has 0 aliphatic heterocycles. The second kappa shape index (κ2) is 3.44. The first-order valence-corrected chi connectivity index (χ1v) is 2.20. The van der Waals surface area contributed by atoms with Gasteiger partial charge in [-0.2, -0.15) is 0 Å². The molecule has 0 aromatic heterocycles. The highest BCUT2D eigenvalue weighted by molar-refractivity contribution is 5.85. The monoisotopic (exact) mass is 147 g/mol. The average molecular weight is 147 g/mol. The summed E-state index contributed by atoms with van der Waals surface area (Å²) in [6.07, 6.45) is 0.0891. The molecular weight excluding hydrogens is 142 g/mol. The van der Waals surface area contributed by atoms with Gasteiger partial charge in [-0.25, -0.2) is 4.79 Å². The summed E-state index contributed by atoms with van der Waals surface area (Å²) < 4.78 is 3.96. The minimum absolute atomic E-state index is 0.0891. The van der Waals surface area contributed by atoms with Crippen LogP contribution in [0.4, 0.5) is 0 Å². The van der Waals surface area contributed by atoms with Crippen molar-refractivity contribution >= 4 is 5.97 Å². The van der Waals surface area contributed by atoms with E-state index >= 15 is 0 Å². The summed E-state index contributed by atoms with van der Waals surface area (Å²) in [5.41, 5.74) is -0.984. The van der Waals surface area contributed by atoms with Crippen LogP contribution in [0.25, 0.3) is 0 Å². The Kier molecular flexibility index (Phi) is 2.89. The molecule has 0 saturated carbocycles. The van der Waals surface area contributed by atoms with E-state index in [1.165, 1.54) is 0 Å². The zero-order valence-electron chi connectivity index (χ0n) is 5.10. The maximum Gasteiger partial charge on any atom is 0.412 e. The Hall–Kier alpha value is -1.59. The van der Waals surface area contributed by atoms with Gasteiger partial charge in [-0.15, -0.1) is 0 Å². The summed E-state index contributed by atoms with van der Waals surface area (Å²) in [6, 6.07) is 0. The minimum atomic E-state index is -1.17. The molecule has 0 rings (SSSR count). The zero-order chi connectivity index (χ0) is 8.15. The molecular formula is C4H5NO5. The van der Waals surface area contributed by atoms with Gasteiger partial charge < -0.3 is 9.84 Å². The molecule has 0 unspecified atom stereocenters. The van der Waals surface area contributed by atoms with E-state index in [1.807, 2.05) is 0 Å². The number of rotatable bonds is 2. The predicted octanol–water partition coefficient (Wildman–Crippen LogP) is -0.165. The highest BCUT2D eigenvalue weighted by atomic mass is 16.6. The fraction of sp³-hybridized carbons (Fsp3) is 0.250. The van der Waals surface area contributed by atoms with Gasteiger partial charge in [0.2, 0.25) is 0 Å². The van der Waals surface area contributed by atoms with Crippen molar-refractivity contribution in [1.82, 2.24) is 0 Å². The quantitative estimate of drug-likeness (QED) is 0.192. The summed E-state index contributed by atoms with van der Waals surface area (Å²) in [5.74, 6) is -1.17. The molecule has 6 nitrogen and oxygen atoms in total.